The highest BCUT2D eigenvalue weighted by molar-refractivity contribution is 9.10. The highest BCUT2D eigenvalue weighted by Gasteiger charge is 2.49. The van der Waals surface area contributed by atoms with Crippen molar-refractivity contribution in [2.45, 2.75) is 51.2 Å². The predicted octanol–water partition coefficient (Wildman–Crippen LogP) is 4.32. The van der Waals surface area contributed by atoms with Crippen LogP contribution in [0.5, 0.6) is 0 Å². The molecule has 1 atom stereocenters. The summed E-state index contributed by atoms with van der Waals surface area (Å²) in [4.78, 5) is 26.9. The molecule has 0 bridgehead atoms. The van der Waals surface area contributed by atoms with Crippen LogP contribution in [0.4, 0.5) is 4.79 Å². The number of hydrogen-bond donors (Lipinski definition) is 0. The molecule has 1 heterocycles. The molecular weight excluding hydrogens is 372 g/mol. The fraction of sp³-hybridized carbons (Fsp3) is 0.500. The lowest BCUT2D eigenvalue weighted by Crippen LogP contribution is -2.59. The van der Waals surface area contributed by atoms with E-state index in [0.29, 0.717) is 18.5 Å². The number of benzene rings is 1. The number of ether oxygens (including phenoxy) is 1. The van der Waals surface area contributed by atoms with E-state index >= 15 is 0 Å². The van der Waals surface area contributed by atoms with Crippen LogP contribution in [0.1, 0.15) is 50.4 Å². The monoisotopic (exact) mass is 392 g/mol. The van der Waals surface area contributed by atoms with E-state index in [1.165, 1.54) is 4.90 Å². The van der Waals surface area contributed by atoms with Gasteiger partial charge >= 0.3 is 6.09 Å². The van der Waals surface area contributed by atoms with Crippen molar-refractivity contribution in [1.82, 2.24) is 4.90 Å². The third-order valence-electron chi connectivity index (χ3n) is 3.91. The van der Waals surface area contributed by atoms with Gasteiger partial charge in [-0.3, -0.25) is 9.69 Å². The van der Waals surface area contributed by atoms with Crippen molar-refractivity contribution in [3.63, 3.8) is 0 Å². The molecule has 24 heavy (non-hydrogen) atoms. The van der Waals surface area contributed by atoms with Crippen LogP contribution in [-0.2, 0) is 4.74 Å². The van der Waals surface area contributed by atoms with Gasteiger partial charge in [0.15, 0.2) is 5.54 Å². The molecule has 0 aromatic heterocycles. The lowest BCUT2D eigenvalue weighted by Gasteiger charge is -2.41. The predicted molar refractivity (Wildman–Crippen MR) is 93.6 cm³/mol. The van der Waals surface area contributed by atoms with Crippen molar-refractivity contribution in [1.29, 1.82) is 5.26 Å². The molecule has 0 spiro atoms. The molecule has 6 heteroatoms. The van der Waals surface area contributed by atoms with Crippen LogP contribution in [-0.4, -0.2) is 34.5 Å². The maximum Gasteiger partial charge on any atom is 0.411 e. The van der Waals surface area contributed by atoms with Gasteiger partial charge in [-0.05, 0) is 52.2 Å². The third-order valence-corrected chi connectivity index (χ3v) is 4.44. The molecule has 1 saturated heterocycles. The van der Waals surface area contributed by atoms with Crippen molar-refractivity contribution in [2.24, 2.45) is 0 Å². The minimum atomic E-state index is -1.51. The number of nitrogens with zero attached hydrogens (tertiary/aromatic N) is 2. The molecular formula is C18H21BrN2O3. The average molecular weight is 393 g/mol. The highest BCUT2D eigenvalue weighted by Crippen LogP contribution is 2.33. The molecule has 0 N–H and O–H groups in total. The molecule has 128 valence electrons. The lowest BCUT2D eigenvalue weighted by molar-refractivity contribution is -0.000115. The van der Waals surface area contributed by atoms with Crippen LogP contribution in [0.2, 0.25) is 0 Å². The van der Waals surface area contributed by atoms with E-state index in [-0.39, 0.29) is 5.78 Å². The summed E-state index contributed by atoms with van der Waals surface area (Å²) in [5, 5.41) is 9.82. The normalized spacial score (nSPS) is 21.0. The molecule has 0 radical (unpaired) electrons. The minimum absolute atomic E-state index is 0.317. The molecule has 1 amide bonds. The number of rotatable bonds is 2. The van der Waals surface area contributed by atoms with Gasteiger partial charge in [-0.25, -0.2) is 4.79 Å². The Morgan fingerprint density at radius 3 is 2.42 bits per heavy atom. The summed E-state index contributed by atoms with van der Waals surface area (Å²) in [5.41, 5.74) is -1.78. The van der Waals surface area contributed by atoms with Crippen LogP contribution in [0.15, 0.2) is 28.7 Å². The molecule has 1 aliphatic heterocycles. The summed E-state index contributed by atoms with van der Waals surface area (Å²) >= 11 is 3.33. The first kappa shape index (κ1) is 18.5. The Balaban J connectivity index is 2.39. The lowest BCUT2D eigenvalue weighted by atomic mass is 9.81. The van der Waals surface area contributed by atoms with Gasteiger partial charge in [-0.2, -0.15) is 5.26 Å². The maximum absolute atomic E-state index is 13.1. The van der Waals surface area contributed by atoms with E-state index < -0.39 is 17.2 Å². The molecule has 5 nitrogen and oxygen atoms in total. The first-order valence-electron chi connectivity index (χ1n) is 7.92. The summed E-state index contributed by atoms with van der Waals surface area (Å²) in [6, 6.07) is 8.93. The SMILES string of the molecule is CC(C)(C)OC(=O)N1CCCC[C@]1(C#N)C(=O)c1ccc(Br)cc1. The van der Waals surface area contributed by atoms with E-state index in [1.54, 1.807) is 45.0 Å². The molecule has 0 unspecified atom stereocenters. The Labute approximate surface area is 150 Å². The Kier molecular flexibility index (Phi) is 5.34. The molecule has 1 aromatic carbocycles. The van der Waals surface area contributed by atoms with Gasteiger partial charge in [0.1, 0.15) is 5.60 Å². The molecule has 0 aliphatic carbocycles. The van der Waals surface area contributed by atoms with Crippen LogP contribution < -0.4 is 0 Å². The fourth-order valence-corrected chi connectivity index (χ4v) is 3.05. The van der Waals surface area contributed by atoms with Crippen LogP contribution in [0, 0.1) is 11.3 Å². The Morgan fingerprint density at radius 2 is 1.88 bits per heavy atom. The molecule has 1 fully saturated rings. The van der Waals surface area contributed by atoms with Crippen LogP contribution in [0.3, 0.4) is 0 Å². The Morgan fingerprint density at radius 1 is 1.25 bits per heavy atom. The van der Waals surface area contributed by atoms with Gasteiger partial charge in [-0.1, -0.05) is 28.1 Å². The number of amides is 1. The molecule has 0 saturated carbocycles. The number of Topliss-reactive ketones (excluding diaryl/α,β-unsaturated/α-hetero) is 1. The van der Waals surface area contributed by atoms with Crippen molar-refractivity contribution in [2.75, 3.05) is 6.54 Å². The minimum Gasteiger partial charge on any atom is -0.444 e. The van der Waals surface area contributed by atoms with E-state index in [0.717, 1.165) is 17.3 Å². The zero-order valence-electron chi connectivity index (χ0n) is 14.1. The third kappa shape index (κ3) is 3.78. The standard InChI is InChI=1S/C18H21BrN2O3/c1-17(2,3)24-16(23)21-11-5-4-10-18(21,12-20)15(22)13-6-8-14(19)9-7-13/h6-9H,4-5,10-11H2,1-3H3/t18-/m0/s1. The van der Waals surface area contributed by atoms with Crippen molar-refractivity contribution < 1.29 is 14.3 Å². The van der Waals surface area contributed by atoms with Gasteiger partial charge in [0.05, 0.1) is 6.07 Å². The topological polar surface area (TPSA) is 70.4 Å². The first-order chi connectivity index (χ1) is 11.2. The smallest absolute Gasteiger partial charge is 0.411 e. The number of hydrogen-bond acceptors (Lipinski definition) is 4. The van der Waals surface area contributed by atoms with E-state index in [1.807, 2.05) is 0 Å². The van der Waals surface area contributed by atoms with Gasteiger partial charge in [0.25, 0.3) is 0 Å². The number of ketones is 1. The molecule has 2 rings (SSSR count). The fourth-order valence-electron chi connectivity index (χ4n) is 2.78. The number of carbonyl (C=O) groups excluding carboxylic acids is 2. The van der Waals surface area contributed by atoms with Gasteiger partial charge < -0.3 is 4.74 Å². The van der Waals surface area contributed by atoms with Crippen LogP contribution in [0.25, 0.3) is 0 Å². The summed E-state index contributed by atoms with van der Waals surface area (Å²) in [6.07, 6.45) is 1.16. The van der Waals surface area contributed by atoms with E-state index in [4.69, 9.17) is 4.74 Å². The Bertz CT molecular complexity index is 673. The summed E-state index contributed by atoms with van der Waals surface area (Å²) in [5.74, 6) is -0.358. The number of halogens is 1. The largest absolute Gasteiger partial charge is 0.444 e. The number of carbonyl (C=O) groups is 2. The summed E-state index contributed by atoms with van der Waals surface area (Å²) < 4.78 is 6.26. The molecule has 1 aromatic rings. The highest BCUT2D eigenvalue weighted by atomic mass is 79.9. The zero-order valence-corrected chi connectivity index (χ0v) is 15.7. The Hall–Kier alpha value is -1.87. The molecule has 1 aliphatic rings. The van der Waals surface area contributed by atoms with Crippen molar-refractivity contribution in [3.8, 4) is 6.07 Å². The second kappa shape index (κ2) is 6.94. The zero-order chi connectivity index (χ0) is 18.0. The number of piperidine rings is 1. The second-order valence-corrected chi connectivity index (χ2v) is 7.81. The quantitative estimate of drug-likeness (QED) is 0.702. The van der Waals surface area contributed by atoms with Gasteiger partial charge in [0, 0.05) is 16.6 Å². The number of likely N-dealkylation sites (tertiary alicyclic amines) is 1. The number of nitriles is 1. The van der Waals surface area contributed by atoms with E-state index in [9.17, 15) is 14.9 Å². The van der Waals surface area contributed by atoms with Gasteiger partial charge in [0.2, 0.25) is 5.78 Å². The van der Waals surface area contributed by atoms with E-state index in [2.05, 4.69) is 22.0 Å². The van der Waals surface area contributed by atoms with Crippen molar-refractivity contribution in [3.05, 3.63) is 34.3 Å². The maximum atomic E-state index is 13.1. The first-order valence-corrected chi connectivity index (χ1v) is 8.71. The second-order valence-electron chi connectivity index (χ2n) is 6.90. The van der Waals surface area contributed by atoms with Gasteiger partial charge in [-0.15, -0.1) is 0 Å². The van der Waals surface area contributed by atoms with Crippen molar-refractivity contribution >= 4 is 27.8 Å². The average Bonchev–Trinajstić information content (AvgIpc) is 2.53. The summed E-state index contributed by atoms with van der Waals surface area (Å²) in [6.45, 7) is 5.63. The van der Waals surface area contributed by atoms with Crippen LogP contribution >= 0.6 is 15.9 Å². The summed E-state index contributed by atoms with van der Waals surface area (Å²) in [7, 11) is 0.